The molecule has 5 heteroatoms. The van der Waals surface area contributed by atoms with Crippen LogP contribution in [0.5, 0.6) is 5.75 Å². The first-order valence-electron chi connectivity index (χ1n) is 6.47. The number of carbonyl (C=O) groups is 1. The number of benzene rings is 1. The Morgan fingerprint density at radius 1 is 1.47 bits per heavy atom. The molecular formula is C14H19NO4. The van der Waals surface area contributed by atoms with Crippen LogP contribution in [0.15, 0.2) is 24.3 Å². The second-order valence-electron chi connectivity index (χ2n) is 4.71. The largest absolute Gasteiger partial charge is 0.488 e. The fourth-order valence-electron chi connectivity index (χ4n) is 2.04. The lowest BCUT2D eigenvalue weighted by Gasteiger charge is -2.14. The number of carboxylic acids is 1. The van der Waals surface area contributed by atoms with E-state index in [9.17, 15) is 4.79 Å². The molecule has 0 saturated carbocycles. The monoisotopic (exact) mass is 265 g/mol. The molecule has 0 spiro atoms. The van der Waals surface area contributed by atoms with E-state index < -0.39 is 5.97 Å². The molecule has 1 aromatic rings. The third-order valence-electron chi connectivity index (χ3n) is 3.17. The number of aliphatic carboxylic acids is 1. The van der Waals surface area contributed by atoms with Crippen molar-refractivity contribution in [1.29, 1.82) is 0 Å². The van der Waals surface area contributed by atoms with Gasteiger partial charge in [-0.05, 0) is 24.1 Å². The zero-order valence-electron chi connectivity index (χ0n) is 10.7. The minimum absolute atomic E-state index is 0.0822. The molecular weight excluding hydrogens is 246 g/mol. The maximum Gasteiger partial charge on any atom is 0.303 e. The van der Waals surface area contributed by atoms with Crippen molar-refractivity contribution >= 4 is 5.97 Å². The van der Waals surface area contributed by atoms with Crippen LogP contribution in [0, 0.1) is 0 Å². The van der Waals surface area contributed by atoms with Crippen molar-refractivity contribution in [3.63, 3.8) is 0 Å². The summed E-state index contributed by atoms with van der Waals surface area (Å²) in [5.41, 5.74) is 6.86. The van der Waals surface area contributed by atoms with Gasteiger partial charge in [-0.25, -0.2) is 0 Å². The zero-order chi connectivity index (χ0) is 13.7. The van der Waals surface area contributed by atoms with Gasteiger partial charge in [0.1, 0.15) is 11.9 Å². The average Bonchev–Trinajstić information content (AvgIpc) is 2.89. The third kappa shape index (κ3) is 4.22. The van der Waals surface area contributed by atoms with Crippen LogP contribution in [0.2, 0.25) is 0 Å². The Labute approximate surface area is 112 Å². The summed E-state index contributed by atoms with van der Waals surface area (Å²) < 4.78 is 11.0. The molecule has 1 fully saturated rings. The minimum Gasteiger partial charge on any atom is -0.488 e. The Bertz CT molecular complexity index is 412. The van der Waals surface area contributed by atoms with Gasteiger partial charge in [0.25, 0.3) is 0 Å². The molecule has 104 valence electrons. The van der Waals surface area contributed by atoms with E-state index >= 15 is 0 Å². The summed E-state index contributed by atoms with van der Waals surface area (Å²) in [7, 11) is 0. The summed E-state index contributed by atoms with van der Waals surface area (Å²) in [5, 5.41) is 8.63. The van der Waals surface area contributed by atoms with Gasteiger partial charge in [0.15, 0.2) is 0 Å². The molecule has 2 rings (SSSR count). The Balaban J connectivity index is 1.87. The first-order chi connectivity index (χ1) is 9.15. The molecule has 1 saturated heterocycles. The SMILES string of the molecule is NC(CCC(=O)O)c1ccc(OC2CCOC2)cc1. The summed E-state index contributed by atoms with van der Waals surface area (Å²) in [6.45, 7) is 1.39. The van der Waals surface area contributed by atoms with Gasteiger partial charge in [-0.1, -0.05) is 12.1 Å². The number of rotatable bonds is 6. The van der Waals surface area contributed by atoms with Gasteiger partial charge in [0.2, 0.25) is 0 Å². The molecule has 1 aromatic carbocycles. The number of nitrogens with two attached hydrogens (primary N) is 1. The van der Waals surface area contributed by atoms with Crippen molar-refractivity contribution in [2.45, 2.75) is 31.4 Å². The molecule has 19 heavy (non-hydrogen) atoms. The van der Waals surface area contributed by atoms with Crippen LogP contribution >= 0.6 is 0 Å². The Morgan fingerprint density at radius 3 is 2.79 bits per heavy atom. The van der Waals surface area contributed by atoms with Gasteiger partial charge < -0.3 is 20.3 Å². The van der Waals surface area contributed by atoms with E-state index in [1.54, 1.807) is 0 Å². The molecule has 1 aliphatic heterocycles. The molecule has 0 amide bonds. The maximum atomic E-state index is 10.5. The van der Waals surface area contributed by atoms with E-state index in [1.165, 1.54) is 0 Å². The Hall–Kier alpha value is -1.59. The standard InChI is InChI=1S/C14H19NO4/c15-13(5-6-14(16)17)10-1-3-11(4-2-10)19-12-7-8-18-9-12/h1-4,12-13H,5-9,15H2,(H,16,17). The minimum atomic E-state index is -0.823. The van der Waals surface area contributed by atoms with Crippen LogP contribution in [-0.2, 0) is 9.53 Å². The van der Waals surface area contributed by atoms with E-state index in [2.05, 4.69) is 0 Å². The molecule has 3 N–H and O–H groups in total. The molecule has 2 unspecified atom stereocenters. The number of hydrogen-bond donors (Lipinski definition) is 2. The molecule has 2 atom stereocenters. The average molecular weight is 265 g/mol. The highest BCUT2D eigenvalue weighted by Gasteiger charge is 2.17. The second-order valence-corrected chi connectivity index (χ2v) is 4.71. The number of ether oxygens (including phenoxy) is 2. The van der Waals surface area contributed by atoms with E-state index in [0.717, 1.165) is 24.3 Å². The predicted molar refractivity (Wildman–Crippen MR) is 70.1 cm³/mol. The van der Waals surface area contributed by atoms with Gasteiger partial charge in [0, 0.05) is 18.9 Å². The van der Waals surface area contributed by atoms with E-state index in [-0.39, 0.29) is 18.6 Å². The molecule has 0 aromatic heterocycles. The van der Waals surface area contributed by atoms with Crippen LogP contribution in [0.4, 0.5) is 0 Å². The highest BCUT2D eigenvalue weighted by Crippen LogP contribution is 2.21. The van der Waals surface area contributed by atoms with Crippen molar-refractivity contribution in [2.24, 2.45) is 5.73 Å². The van der Waals surface area contributed by atoms with Gasteiger partial charge in [-0.15, -0.1) is 0 Å². The summed E-state index contributed by atoms with van der Waals surface area (Å²) in [6.07, 6.45) is 1.57. The first-order valence-corrected chi connectivity index (χ1v) is 6.47. The summed E-state index contributed by atoms with van der Waals surface area (Å²) >= 11 is 0. The molecule has 1 aliphatic rings. The van der Waals surface area contributed by atoms with E-state index in [1.807, 2.05) is 24.3 Å². The van der Waals surface area contributed by atoms with E-state index in [4.69, 9.17) is 20.3 Å². The summed E-state index contributed by atoms with van der Waals surface area (Å²) in [6, 6.07) is 7.26. The zero-order valence-corrected chi connectivity index (χ0v) is 10.7. The van der Waals surface area contributed by atoms with Gasteiger partial charge in [-0.3, -0.25) is 4.79 Å². The lowest BCUT2D eigenvalue weighted by atomic mass is 10.0. The Kier molecular flexibility index (Phi) is 4.76. The predicted octanol–water partition coefficient (Wildman–Crippen LogP) is 1.72. The van der Waals surface area contributed by atoms with Crippen molar-refractivity contribution in [3.8, 4) is 5.75 Å². The molecule has 0 aliphatic carbocycles. The van der Waals surface area contributed by atoms with E-state index in [0.29, 0.717) is 13.0 Å². The lowest BCUT2D eigenvalue weighted by Crippen LogP contribution is -2.16. The fraction of sp³-hybridized carbons (Fsp3) is 0.500. The van der Waals surface area contributed by atoms with Crippen molar-refractivity contribution in [1.82, 2.24) is 0 Å². The topological polar surface area (TPSA) is 81.8 Å². The number of hydrogen-bond acceptors (Lipinski definition) is 4. The van der Waals surface area contributed by atoms with Crippen molar-refractivity contribution in [2.75, 3.05) is 13.2 Å². The van der Waals surface area contributed by atoms with Gasteiger partial charge >= 0.3 is 5.97 Å². The van der Waals surface area contributed by atoms with Crippen LogP contribution < -0.4 is 10.5 Å². The first kappa shape index (κ1) is 13.8. The molecule has 0 radical (unpaired) electrons. The van der Waals surface area contributed by atoms with Crippen LogP contribution in [-0.4, -0.2) is 30.4 Å². The Morgan fingerprint density at radius 2 is 2.21 bits per heavy atom. The third-order valence-corrected chi connectivity index (χ3v) is 3.17. The highest BCUT2D eigenvalue weighted by molar-refractivity contribution is 5.66. The van der Waals surface area contributed by atoms with Gasteiger partial charge in [0.05, 0.1) is 13.2 Å². The van der Waals surface area contributed by atoms with Crippen molar-refractivity contribution < 1.29 is 19.4 Å². The molecule has 0 bridgehead atoms. The fourth-order valence-corrected chi connectivity index (χ4v) is 2.04. The van der Waals surface area contributed by atoms with Crippen LogP contribution in [0.25, 0.3) is 0 Å². The molecule has 5 nitrogen and oxygen atoms in total. The summed E-state index contributed by atoms with van der Waals surface area (Å²) in [4.78, 5) is 10.5. The van der Waals surface area contributed by atoms with Gasteiger partial charge in [-0.2, -0.15) is 0 Å². The second kappa shape index (κ2) is 6.54. The van der Waals surface area contributed by atoms with Crippen LogP contribution in [0.1, 0.15) is 30.9 Å². The molecule has 1 heterocycles. The summed E-state index contributed by atoms with van der Waals surface area (Å²) in [5.74, 6) is -0.0266. The van der Waals surface area contributed by atoms with Crippen molar-refractivity contribution in [3.05, 3.63) is 29.8 Å². The lowest BCUT2D eigenvalue weighted by molar-refractivity contribution is -0.137. The smallest absolute Gasteiger partial charge is 0.303 e. The highest BCUT2D eigenvalue weighted by atomic mass is 16.5. The number of carboxylic acid groups (broad SMARTS) is 1. The quantitative estimate of drug-likeness (QED) is 0.818. The van der Waals surface area contributed by atoms with Crippen LogP contribution in [0.3, 0.4) is 0 Å². The normalized spacial score (nSPS) is 20.2. The maximum absolute atomic E-state index is 10.5.